The van der Waals surface area contributed by atoms with E-state index in [-0.39, 0.29) is 5.91 Å². The summed E-state index contributed by atoms with van der Waals surface area (Å²) in [6, 6.07) is 11.8. The van der Waals surface area contributed by atoms with Crippen molar-refractivity contribution in [3.63, 3.8) is 0 Å². The molecule has 0 aliphatic heterocycles. The SMILES string of the molecule is O=C(Nc1ncc(-c2ccc(Br)cc2)s1)c1cc2sc(Br)cc2[nH]1. The van der Waals surface area contributed by atoms with Crippen molar-refractivity contribution in [2.24, 2.45) is 0 Å². The van der Waals surface area contributed by atoms with Gasteiger partial charge in [-0.2, -0.15) is 0 Å². The van der Waals surface area contributed by atoms with E-state index in [0.717, 1.165) is 28.9 Å². The smallest absolute Gasteiger partial charge is 0.273 e. The number of H-pyrrole nitrogens is 1. The van der Waals surface area contributed by atoms with Gasteiger partial charge in [-0.05, 0) is 45.8 Å². The van der Waals surface area contributed by atoms with Crippen LogP contribution in [0.1, 0.15) is 10.5 Å². The van der Waals surface area contributed by atoms with E-state index in [4.69, 9.17) is 0 Å². The molecular formula is C16H9Br2N3OS2. The van der Waals surface area contributed by atoms with Gasteiger partial charge in [0.15, 0.2) is 5.13 Å². The molecule has 0 unspecified atom stereocenters. The predicted molar refractivity (Wildman–Crippen MR) is 107 cm³/mol. The minimum Gasteiger partial charge on any atom is -0.350 e. The van der Waals surface area contributed by atoms with E-state index in [0.29, 0.717) is 10.8 Å². The molecule has 0 aliphatic rings. The molecule has 0 spiro atoms. The highest BCUT2D eigenvalue weighted by Gasteiger charge is 2.14. The van der Waals surface area contributed by atoms with Crippen molar-refractivity contribution in [1.29, 1.82) is 0 Å². The average Bonchev–Trinajstić information content (AvgIpc) is 3.22. The number of carbonyl (C=O) groups is 1. The molecule has 2 N–H and O–H groups in total. The molecule has 0 aliphatic carbocycles. The Morgan fingerprint density at radius 1 is 1.12 bits per heavy atom. The Hall–Kier alpha value is -1.48. The molecule has 1 amide bonds. The Morgan fingerprint density at radius 3 is 2.67 bits per heavy atom. The zero-order valence-electron chi connectivity index (χ0n) is 12.0. The van der Waals surface area contributed by atoms with Crippen molar-refractivity contribution in [2.75, 3.05) is 5.32 Å². The van der Waals surface area contributed by atoms with E-state index >= 15 is 0 Å². The fourth-order valence-electron chi connectivity index (χ4n) is 2.26. The molecular weight excluding hydrogens is 474 g/mol. The summed E-state index contributed by atoms with van der Waals surface area (Å²) in [6.07, 6.45) is 1.77. The van der Waals surface area contributed by atoms with Gasteiger partial charge in [0.1, 0.15) is 5.69 Å². The fourth-order valence-corrected chi connectivity index (χ4v) is 4.87. The monoisotopic (exact) mass is 481 g/mol. The number of carbonyl (C=O) groups excluding carboxylic acids is 1. The number of aromatic nitrogens is 2. The van der Waals surface area contributed by atoms with Gasteiger partial charge < -0.3 is 4.98 Å². The molecule has 0 bridgehead atoms. The van der Waals surface area contributed by atoms with Crippen LogP contribution >= 0.6 is 54.5 Å². The van der Waals surface area contributed by atoms with Crippen LogP contribution in [0.4, 0.5) is 5.13 Å². The van der Waals surface area contributed by atoms with E-state index in [1.165, 1.54) is 11.3 Å². The van der Waals surface area contributed by atoms with E-state index in [9.17, 15) is 4.79 Å². The quantitative estimate of drug-likeness (QED) is 0.369. The third kappa shape index (κ3) is 3.19. The Balaban J connectivity index is 1.53. The molecule has 3 aromatic heterocycles. The van der Waals surface area contributed by atoms with Crippen LogP contribution in [0.15, 0.2) is 50.9 Å². The number of benzene rings is 1. The predicted octanol–water partition coefficient (Wildman–Crippen LogP) is 6.13. The van der Waals surface area contributed by atoms with Crippen LogP contribution in [0.25, 0.3) is 20.7 Å². The van der Waals surface area contributed by atoms with Gasteiger partial charge in [0, 0.05) is 10.7 Å². The summed E-state index contributed by atoms with van der Waals surface area (Å²) in [4.78, 5) is 20.8. The van der Waals surface area contributed by atoms with Gasteiger partial charge >= 0.3 is 0 Å². The van der Waals surface area contributed by atoms with E-state index in [1.54, 1.807) is 17.5 Å². The molecule has 0 saturated carbocycles. The minimum absolute atomic E-state index is 0.189. The number of amides is 1. The Labute approximate surface area is 162 Å². The first-order valence-corrected chi connectivity index (χ1v) is 10.1. The zero-order valence-corrected chi connectivity index (χ0v) is 16.8. The van der Waals surface area contributed by atoms with E-state index in [2.05, 4.69) is 47.1 Å². The first kappa shape index (κ1) is 16.0. The largest absolute Gasteiger partial charge is 0.350 e. The summed E-state index contributed by atoms with van der Waals surface area (Å²) < 4.78 is 3.11. The van der Waals surface area contributed by atoms with Crippen LogP contribution in [0, 0.1) is 0 Å². The summed E-state index contributed by atoms with van der Waals surface area (Å²) in [7, 11) is 0. The first-order valence-electron chi connectivity index (χ1n) is 6.90. The van der Waals surface area contributed by atoms with Crippen LogP contribution in [0.2, 0.25) is 0 Å². The van der Waals surface area contributed by atoms with Crippen molar-refractivity contribution in [3.8, 4) is 10.4 Å². The lowest BCUT2D eigenvalue weighted by Gasteiger charge is -1.99. The third-order valence-electron chi connectivity index (χ3n) is 3.38. The molecule has 4 rings (SSSR count). The van der Waals surface area contributed by atoms with Crippen LogP contribution in [0.3, 0.4) is 0 Å². The van der Waals surface area contributed by atoms with Gasteiger partial charge in [0.25, 0.3) is 5.91 Å². The molecule has 1 aromatic carbocycles. The summed E-state index contributed by atoms with van der Waals surface area (Å²) in [6.45, 7) is 0. The fraction of sp³-hybridized carbons (Fsp3) is 0. The summed E-state index contributed by atoms with van der Waals surface area (Å²) in [5.74, 6) is -0.189. The van der Waals surface area contributed by atoms with Crippen molar-refractivity contribution in [3.05, 3.63) is 56.5 Å². The Kier molecular flexibility index (Phi) is 4.29. The molecule has 120 valence electrons. The molecule has 0 saturated heterocycles. The second kappa shape index (κ2) is 6.44. The lowest BCUT2D eigenvalue weighted by atomic mass is 10.2. The number of aromatic amines is 1. The van der Waals surface area contributed by atoms with Crippen molar-refractivity contribution in [2.45, 2.75) is 0 Å². The standard InChI is InChI=1S/C16H9Br2N3OS2/c17-9-3-1-8(2-4-9)13-7-19-16(24-13)21-15(22)11-5-12-10(20-11)6-14(18)23-12/h1-7,20H,(H,19,21,22). The molecule has 24 heavy (non-hydrogen) atoms. The number of nitrogens with one attached hydrogen (secondary N) is 2. The first-order chi connectivity index (χ1) is 11.6. The summed E-state index contributed by atoms with van der Waals surface area (Å²) in [5, 5.41) is 3.43. The number of hydrogen-bond acceptors (Lipinski definition) is 4. The number of rotatable bonds is 3. The zero-order chi connectivity index (χ0) is 16.7. The van der Waals surface area contributed by atoms with Crippen LogP contribution in [-0.4, -0.2) is 15.9 Å². The maximum absolute atomic E-state index is 12.4. The number of thiophene rings is 1. The number of fused-ring (bicyclic) bond motifs is 1. The van der Waals surface area contributed by atoms with Crippen LogP contribution in [0.5, 0.6) is 0 Å². The van der Waals surface area contributed by atoms with Gasteiger partial charge in [0.05, 0.1) is 18.9 Å². The highest BCUT2D eigenvalue weighted by atomic mass is 79.9. The third-order valence-corrected chi connectivity index (χ3v) is 6.45. The molecule has 4 aromatic rings. The molecule has 4 nitrogen and oxygen atoms in total. The van der Waals surface area contributed by atoms with E-state index < -0.39 is 0 Å². The number of thiazole rings is 1. The maximum Gasteiger partial charge on any atom is 0.273 e. The van der Waals surface area contributed by atoms with Gasteiger partial charge in [-0.3, -0.25) is 10.1 Å². The van der Waals surface area contributed by atoms with Gasteiger partial charge in [0.2, 0.25) is 0 Å². The van der Waals surface area contributed by atoms with E-state index in [1.807, 2.05) is 36.4 Å². The maximum atomic E-state index is 12.4. The lowest BCUT2D eigenvalue weighted by Crippen LogP contribution is -2.11. The molecule has 3 heterocycles. The normalized spacial score (nSPS) is 11.1. The van der Waals surface area contributed by atoms with Crippen molar-refractivity contribution < 1.29 is 4.79 Å². The van der Waals surface area contributed by atoms with Gasteiger partial charge in [-0.15, -0.1) is 11.3 Å². The second-order valence-electron chi connectivity index (χ2n) is 5.00. The lowest BCUT2D eigenvalue weighted by molar-refractivity contribution is 0.102. The molecule has 0 atom stereocenters. The number of halogens is 2. The topological polar surface area (TPSA) is 57.8 Å². The number of anilines is 1. The highest BCUT2D eigenvalue weighted by Crippen LogP contribution is 2.32. The molecule has 0 fully saturated rings. The highest BCUT2D eigenvalue weighted by molar-refractivity contribution is 9.11. The molecule has 8 heteroatoms. The Bertz CT molecular complexity index is 1000. The Morgan fingerprint density at radius 2 is 1.92 bits per heavy atom. The van der Waals surface area contributed by atoms with Gasteiger partial charge in [-0.25, -0.2) is 4.98 Å². The molecule has 0 radical (unpaired) electrons. The van der Waals surface area contributed by atoms with Crippen molar-refractivity contribution in [1.82, 2.24) is 9.97 Å². The second-order valence-corrected chi connectivity index (χ2v) is 9.41. The summed E-state index contributed by atoms with van der Waals surface area (Å²) >= 11 is 9.89. The number of nitrogens with zero attached hydrogens (tertiary/aromatic N) is 1. The number of hydrogen-bond donors (Lipinski definition) is 2. The van der Waals surface area contributed by atoms with Crippen molar-refractivity contribution >= 4 is 75.8 Å². The van der Waals surface area contributed by atoms with Crippen LogP contribution in [-0.2, 0) is 0 Å². The minimum atomic E-state index is -0.189. The van der Waals surface area contributed by atoms with Crippen LogP contribution < -0.4 is 5.32 Å². The van der Waals surface area contributed by atoms with Gasteiger partial charge in [-0.1, -0.05) is 39.4 Å². The summed E-state index contributed by atoms with van der Waals surface area (Å²) in [5.41, 5.74) is 2.55. The average molecular weight is 483 g/mol.